The van der Waals surface area contributed by atoms with E-state index >= 15 is 0 Å². The molecule has 0 bridgehead atoms. The molecule has 1 heterocycles. The number of hydrogen-bond donors (Lipinski definition) is 3. The SMILES string of the molecule is S=C(NCc1ccc2c(c1)OCO2)Nc1ccc(Nc2ccccc2)cc1. The van der Waals surface area contributed by atoms with Crippen LogP contribution in [-0.4, -0.2) is 11.9 Å². The lowest BCUT2D eigenvalue weighted by molar-refractivity contribution is 0.174. The lowest BCUT2D eigenvalue weighted by atomic mass is 10.2. The summed E-state index contributed by atoms with van der Waals surface area (Å²) in [4.78, 5) is 0. The fourth-order valence-electron chi connectivity index (χ4n) is 2.73. The first-order chi connectivity index (χ1) is 13.3. The smallest absolute Gasteiger partial charge is 0.231 e. The van der Waals surface area contributed by atoms with Gasteiger partial charge in [-0.2, -0.15) is 0 Å². The van der Waals surface area contributed by atoms with Crippen LogP contribution in [0.15, 0.2) is 72.8 Å². The van der Waals surface area contributed by atoms with E-state index in [1.807, 2.05) is 72.8 Å². The van der Waals surface area contributed by atoms with Crippen LogP contribution in [0.3, 0.4) is 0 Å². The van der Waals surface area contributed by atoms with Gasteiger partial charge in [0.05, 0.1) is 0 Å². The van der Waals surface area contributed by atoms with Crippen molar-refractivity contribution in [3.63, 3.8) is 0 Å². The van der Waals surface area contributed by atoms with E-state index in [1.54, 1.807) is 0 Å². The molecule has 0 radical (unpaired) electrons. The molecule has 3 aromatic carbocycles. The third-order valence-corrected chi connectivity index (χ3v) is 4.34. The summed E-state index contributed by atoms with van der Waals surface area (Å²) in [5.41, 5.74) is 4.08. The Morgan fingerprint density at radius 1 is 0.815 bits per heavy atom. The molecule has 136 valence electrons. The highest BCUT2D eigenvalue weighted by Gasteiger charge is 2.13. The number of thiocarbonyl (C=S) groups is 1. The first-order valence-electron chi connectivity index (χ1n) is 8.62. The predicted octanol–water partition coefficient (Wildman–Crippen LogP) is 4.65. The molecule has 0 aliphatic carbocycles. The van der Waals surface area contributed by atoms with Crippen LogP contribution in [0, 0.1) is 0 Å². The van der Waals surface area contributed by atoms with Crippen molar-refractivity contribution in [2.75, 3.05) is 17.4 Å². The summed E-state index contributed by atoms with van der Waals surface area (Å²) in [5.74, 6) is 1.55. The number of benzene rings is 3. The van der Waals surface area contributed by atoms with Gasteiger partial charge in [-0.25, -0.2) is 0 Å². The van der Waals surface area contributed by atoms with Gasteiger partial charge in [0.15, 0.2) is 16.6 Å². The highest BCUT2D eigenvalue weighted by Crippen LogP contribution is 2.32. The minimum atomic E-state index is 0.279. The largest absolute Gasteiger partial charge is 0.454 e. The van der Waals surface area contributed by atoms with E-state index < -0.39 is 0 Å². The van der Waals surface area contributed by atoms with Crippen molar-refractivity contribution in [2.24, 2.45) is 0 Å². The minimum Gasteiger partial charge on any atom is -0.454 e. The minimum absolute atomic E-state index is 0.279. The number of ether oxygens (including phenoxy) is 2. The summed E-state index contributed by atoms with van der Waals surface area (Å²) in [6, 6.07) is 23.9. The summed E-state index contributed by atoms with van der Waals surface area (Å²) in [6.45, 7) is 0.886. The van der Waals surface area contributed by atoms with Gasteiger partial charge in [0.25, 0.3) is 0 Å². The second-order valence-electron chi connectivity index (χ2n) is 6.06. The molecule has 6 heteroatoms. The summed E-state index contributed by atoms with van der Waals surface area (Å²) in [7, 11) is 0. The van der Waals surface area contributed by atoms with E-state index in [0.717, 1.165) is 34.1 Å². The maximum absolute atomic E-state index is 5.39. The molecule has 0 saturated heterocycles. The molecule has 27 heavy (non-hydrogen) atoms. The second kappa shape index (κ2) is 7.97. The van der Waals surface area contributed by atoms with E-state index in [1.165, 1.54) is 0 Å². The zero-order valence-electron chi connectivity index (χ0n) is 14.6. The third kappa shape index (κ3) is 4.48. The van der Waals surface area contributed by atoms with Gasteiger partial charge < -0.3 is 25.4 Å². The topological polar surface area (TPSA) is 54.5 Å². The summed E-state index contributed by atoms with van der Waals surface area (Å²) in [5, 5.41) is 10.3. The molecular weight excluding hydrogens is 358 g/mol. The Kier molecular flexibility index (Phi) is 5.07. The van der Waals surface area contributed by atoms with Crippen molar-refractivity contribution in [1.29, 1.82) is 0 Å². The van der Waals surface area contributed by atoms with Crippen molar-refractivity contribution < 1.29 is 9.47 Å². The van der Waals surface area contributed by atoms with Crippen LogP contribution >= 0.6 is 12.2 Å². The van der Waals surface area contributed by atoms with Crippen LogP contribution in [0.4, 0.5) is 17.1 Å². The number of para-hydroxylation sites is 1. The number of hydrogen-bond acceptors (Lipinski definition) is 4. The Hall–Kier alpha value is -3.25. The van der Waals surface area contributed by atoms with Crippen LogP contribution < -0.4 is 25.4 Å². The number of rotatable bonds is 5. The van der Waals surface area contributed by atoms with Crippen molar-refractivity contribution in [1.82, 2.24) is 5.32 Å². The van der Waals surface area contributed by atoms with Gasteiger partial charge in [-0.05, 0) is 66.3 Å². The van der Waals surface area contributed by atoms with E-state index in [-0.39, 0.29) is 6.79 Å². The molecule has 0 amide bonds. The number of fused-ring (bicyclic) bond motifs is 1. The van der Waals surface area contributed by atoms with Crippen LogP contribution in [-0.2, 0) is 6.54 Å². The van der Waals surface area contributed by atoms with E-state index in [2.05, 4.69) is 16.0 Å². The van der Waals surface area contributed by atoms with Crippen molar-refractivity contribution >= 4 is 34.4 Å². The molecule has 0 atom stereocenters. The average Bonchev–Trinajstić information content (AvgIpc) is 3.17. The second-order valence-corrected chi connectivity index (χ2v) is 6.47. The Balaban J connectivity index is 1.29. The maximum Gasteiger partial charge on any atom is 0.231 e. The van der Waals surface area contributed by atoms with Gasteiger partial charge in [-0.3, -0.25) is 0 Å². The lowest BCUT2D eigenvalue weighted by Gasteiger charge is -2.12. The van der Waals surface area contributed by atoms with Crippen molar-refractivity contribution in [3.8, 4) is 11.5 Å². The van der Waals surface area contributed by atoms with Crippen LogP contribution in [0.25, 0.3) is 0 Å². The molecule has 3 N–H and O–H groups in total. The highest BCUT2D eigenvalue weighted by molar-refractivity contribution is 7.80. The molecular formula is C21H19N3O2S. The fraction of sp³-hybridized carbons (Fsp3) is 0.0952. The molecule has 1 aliphatic rings. The van der Waals surface area contributed by atoms with Crippen LogP contribution in [0.1, 0.15) is 5.56 Å². The zero-order valence-corrected chi connectivity index (χ0v) is 15.4. The molecule has 0 unspecified atom stereocenters. The van der Waals surface area contributed by atoms with E-state index in [0.29, 0.717) is 11.7 Å². The van der Waals surface area contributed by atoms with Crippen LogP contribution in [0.2, 0.25) is 0 Å². The summed E-state index contributed by atoms with van der Waals surface area (Å²) >= 11 is 5.38. The molecule has 0 aromatic heterocycles. The van der Waals surface area contributed by atoms with Gasteiger partial charge in [0.1, 0.15) is 0 Å². The van der Waals surface area contributed by atoms with Gasteiger partial charge in [-0.15, -0.1) is 0 Å². The molecule has 0 saturated carbocycles. The number of anilines is 3. The van der Waals surface area contributed by atoms with Gasteiger partial charge >= 0.3 is 0 Å². The Morgan fingerprint density at radius 2 is 1.52 bits per heavy atom. The average molecular weight is 377 g/mol. The predicted molar refractivity (Wildman–Crippen MR) is 112 cm³/mol. The molecule has 3 aromatic rings. The first kappa shape index (κ1) is 17.2. The number of nitrogens with one attached hydrogen (secondary N) is 3. The Labute approximate surface area is 163 Å². The standard InChI is InChI=1S/C21H19N3O2S/c27-21(22-13-15-6-11-19-20(12-15)26-14-25-19)24-18-9-7-17(8-10-18)23-16-4-2-1-3-5-16/h1-12,23H,13-14H2,(H2,22,24,27). The first-order valence-corrected chi connectivity index (χ1v) is 9.03. The molecule has 0 fully saturated rings. The Morgan fingerprint density at radius 3 is 2.33 bits per heavy atom. The lowest BCUT2D eigenvalue weighted by Crippen LogP contribution is -2.27. The molecule has 5 nitrogen and oxygen atoms in total. The summed E-state index contributed by atoms with van der Waals surface area (Å²) in [6.07, 6.45) is 0. The van der Waals surface area contributed by atoms with Crippen molar-refractivity contribution in [3.05, 3.63) is 78.4 Å². The van der Waals surface area contributed by atoms with Gasteiger partial charge in [-0.1, -0.05) is 24.3 Å². The Bertz CT molecular complexity index is 930. The zero-order chi connectivity index (χ0) is 18.5. The monoisotopic (exact) mass is 377 g/mol. The van der Waals surface area contributed by atoms with Crippen molar-refractivity contribution in [2.45, 2.75) is 6.54 Å². The maximum atomic E-state index is 5.39. The highest BCUT2D eigenvalue weighted by atomic mass is 32.1. The van der Waals surface area contributed by atoms with E-state index in [9.17, 15) is 0 Å². The normalized spacial score (nSPS) is 11.7. The molecule has 1 aliphatic heterocycles. The fourth-order valence-corrected chi connectivity index (χ4v) is 2.92. The molecule has 0 spiro atoms. The van der Waals surface area contributed by atoms with Crippen LogP contribution in [0.5, 0.6) is 11.5 Å². The van der Waals surface area contributed by atoms with Gasteiger partial charge in [0, 0.05) is 23.6 Å². The molecule has 4 rings (SSSR count). The summed E-state index contributed by atoms with van der Waals surface area (Å²) < 4.78 is 10.7. The quantitative estimate of drug-likeness (QED) is 0.563. The van der Waals surface area contributed by atoms with E-state index in [4.69, 9.17) is 21.7 Å². The third-order valence-electron chi connectivity index (χ3n) is 4.10. The van der Waals surface area contributed by atoms with Gasteiger partial charge in [0.2, 0.25) is 6.79 Å².